The van der Waals surface area contributed by atoms with Crippen molar-refractivity contribution in [1.29, 1.82) is 0 Å². The van der Waals surface area contributed by atoms with Gasteiger partial charge in [-0.3, -0.25) is 4.79 Å². The van der Waals surface area contributed by atoms with Crippen molar-refractivity contribution in [1.82, 2.24) is 10.3 Å². The highest BCUT2D eigenvalue weighted by atomic mass is 16.5. The average molecular weight is 437 g/mol. The Morgan fingerprint density at radius 1 is 1.19 bits per heavy atom. The SMILES string of the molecule is C=C.C=C/C(=C\C)OCCOc1ccc2cc(CNC(=O)c3ccc(N)nc3N)oc2c1. The van der Waals surface area contributed by atoms with Crippen molar-refractivity contribution in [2.24, 2.45) is 0 Å². The van der Waals surface area contributed by atoms with Crippen LogP contribution in [0.25, 0.3) is 11.0 Å². The van der Waals surface area contributed by atoms with Crippen LogP contribution in [0.15, 0.2) is 78.5 Å². The van der Waals surface area contributed by atoms with E-state index in [4.69, 9.17) is 25.4 Å². The number of aromatic nitrogens is 1. The second kappa shape index (κ2) is 11.8. The first-order valence-corrected chi connectivity index (χ1v) is 9.87. The second-order valence-electron chi connectivity index (χ2n) is 6.36. The Morgan fingerprint density at radius 3 is 2.66 bits per heavy atom. The molecule has 0 fully saturated rings. The summed E-state index contributed by atoms with van der Waals surface area (Å²) in [5.41, 5.74) is 12.2. The number of anilines is 2. The van der Waals surface area contributed by atoms with E-state index in [1.54, 1.807) is 12.1 Å². The molecule has 3 aromatic rings. The molecule has 3 rings (SSSR count). The number of nitrogens with two attached hydrogens (primary N) is 2. The third-order valence-corrected chi connectivity index (χ3v) is 4.26. The predicted octanol–water partition coefficient (Wildman–Crippen LogP) is 4.21. The van der Waals surface area contributed by atoms with Crippen molar-refractivity contribution in [2.75, 3.05) is 24.7 Å². The van der Waals surface area contributed by atoms with Gasteiger partial charge in [0.05, 0.1) is 12.1 Å². The molecule has 8 nitrogen and oxygen atoms in total. The van der Waals surface area contributed by atoms with E-state index < -0.39 is 0 Å². The number of amides is 1. The van der Waals surface area contributed by atoms with Crippen LogP contribution in [0.1, 0.15) is 23.0 Å². The van der Waals surface area contributed by atoms with Gasteiger partial charge in [-0.05, 0) is 49.4 Å². The number of fused-ring (bicyclic) bond motifs is 1. The second-order valence-corrected chi connectivity index (χ2v) is 6.36. The molecular weight excluding hydrogens is 408 g/mol. The first kappa shape index (κ1) is 24.1. The molecule has 0 saturated heterocycles. The van der Waals surface area contributed by atoms with Crippen molar-refractivity contribution in [3.63, 3.8) is 0 Å². The Bertz CT molecular complexity index is 1100. The number of benzene rings is 1. The number of carbonyl (C=O) groups excluding carboxylic acids is 1. The van der Waals surface area contributed by atoms with Crippen LogP contribution >= 0.6 is 0 Å². The molecule has 5 N–H and O–H groups in total. The maximum Gasteiger partial charge on any atom is 0.255 e. The summed E-state index contributed by atoms with van der Waals surface area (Å²) in [7, 11) is 0. The molecule has 1 amide bonds. The van der Waals surface area contributed by atoms with E-state index >= 15 is 0 Å². The molecule has 8 heteroatoms. The minimum Gasteiger partial charge on any atom is -0.490 e. The zero-order chi connectivity index (χ0) is 23.5. The zero-order valence-electron chi connectivity index (χ0n) is 18.1. The van der Waals surface area contributed by atoms with Gasteiger partial charge in [0, 0.05) is 11.5 Å². The van der Waals surface area contributed by atoms with Crippen LogP contribution in [-0.4, -0.2) is 24.1 Å². The van der Waals surface area contributed by atoms with Crippen LogP contribution in [0.5, 0.6) is 5.75 Å². The number of hydrogen-bond acceptors (Lipinski definition) is 7. The summed E-state index contributed by atoms with van der Waals surface area (Å²) in [6.45, 7) is 12.5. The number of nitrogens with zero attached hydrogens (tertiary/aromatic N) is 1. The van der Waals surface area contributed by atoms with Crippen molar-refractivity contribution >= 4 is 28.5 Å². The van der Waals surface area contributed by atoms with E-state index in [0.29, 0.717) is 36.1 Å². The highest BCUT2D eigenvalue weighted by molar-refractivity contribution is 5.98. The molecule has 32 heavy (non-hydrogen) atoms. The summed E-state index contributed by atoms with van der Waals surface area (Å²) in [5, 5.41) is 3.66. The molecule has 2 aromatic heterocycles. The number of allylic oxidation sites excluding steroid dienone is 2. The quantitative estimate of drug-likeness (QED) is 0.198. The maximum absolute atomic E-state index is 12.3. The third kappa shape index (κ3) is 6.40. The van der Waals surface area contributed by atoms with Crippen molar-refractivity contribution in [3.8, 4) is 5.75 Å². The highest BCUT2D eigenvalue weighted by Gasteiger charge is 2.12. The van der Waals surface area contributed by atoms with Crippen molar-refractivity contribution < 1.29 is 18.7 Å². The van der Waals surface area contributed by atoms with Gasteiger partial charge in [-0.15, -0.1) is 13.2 Å². The van der Waals surface area contributed by atoms with Crippen LogP contribution in [0.4, 0.5) is 11.6 Å². The number of furan rings is 1. The number of hydrogen-bond donors (Lipinski definition) is 3. The van der Waals surface area contributed by atoms with Gasteiger partial charge in [-0.25, -0.2) is 4.98 Å². The topological polar surface area (TPSA) is 126 Å². The van der Waals surface area contributed by atoms with Gasteiger partial charge in [-0.1, -0.05) is 6.58 Å². The Hall–Kier alpha value is -4.20. The Labute approximate surface area is 187 Å². The monoisotopic (exact) mass is 436 g/mol. The smallest absolute Gasteiger partial charge is 0.255 e. The Morgan fingerprint density at radius 2 is 1.97 bits per heavy atom. The molecule has 0 aliphatic carbocycles. The molecule has 168 valence electrons. The lowest BCUT2D eigenvalue weighted by Gasteiger charge is -2.08. The maximum atomic E-state index is 12.3. The number of carbonyl (C=O) groups is 1. The van der Waals surface area contributed by atoms with E-state index in [0.717, 1.165) is 5.39 Å². The molecular formula is C24H28N4O4. The summed E-state index contributed by atoms with van der Waals surface area (Å²) >= 11 is 0. The van der Waals surface area contributed by atoms with Gasteiger partial charge >= 0.3 is 0 Å². The molecule has 0 aliphatic heterocycles. The van der Waals surface area contributed by atoms with E-state index in [-0.39, 0.29) is 29.7 Å². The fourth-order valence-electron chi connectivity index (χ4n) is 2.77. The van der Waals surface area contributed by atoms with Gasteiger partial charge in [0.25, 0.3) is 5.91 Å². The number of rotatable bonds is 9. The number of pyridine rings is 1. The van der Waals surface area contributed by atoms with Crippen molar-refractivity contribution in [3.05, 3.63) is 85.4 Å². The van der Waals surface area contributed by atoms with Crippen LogP contribution < -0.4 is 21.5 Å². The lowest BCUT2D eigenvalue weighted by Crippen LogP contribution is -2.24. The van der Waals surface area contributed by atoms with E-state index in [1.807, 2.05) is 31.2 Å². The summed E-state index contributed by atoms with van der Waals surface area (Å²) < 4.78 is 17.0. The minimum absolute atomic E-state index is 0.0810. The highest BCUT2D eigenvalue weighted by Crippen LogP contribution is 2.24. The predicted molar refractivity (Wildman–Crippen MR) is 127 cm³/mol. The first-order chi connectivity index (χ1) is 15.5. The van der Waals surface area contributed by atoms with Gasteiger partial charge in [0.15, 0.2) is 0 Å². The molecule has 2 heterocycles. The van der Waals surface area contributed by atoms with Crippen LogP contribution in [-0.2, 0) is 11.3 Å². The molecule has 1 aromatic carbocycles. The minimum atomic E-state index is -0.357. The fourth-order valence-corrected chi connectivity index (χ4v) is 2.77. The van der Waals surface area contributed by atoms with Crippen LogP contribution in [0.3, 0.4) is 0 Å². The van der Waals surface area contributed by atoms with Crippen molar-refractivity contribution in [2.45, 2.75) is 13.5 Å². The number of nitrogen functional groups attached to an aromatic ring is 2. The lowest BCUT2D eigenvalue weighted by molar-refractivity contribution is 0.0949. The molecule has 0 bridgehead atoms. The van der Waals surface area contributed by atoms with Gasteiger partial charge in [0.2, 0.25) is 0 Å². The standard InChI is InChI=1S/C22H24N4O4.C2H4/c1-3-15(4-2)28-9-10-29-16-6-5-14-11-17(30-19(14)12-16)13-25-22(27)18-7-8-20(23)26-21(18)24;1-2/h3-8,11-12H,1,9-10,13H2,2H3,(H,25,27)(H4,23,24,26);1-2H2/b15-4+;. The molecule has 0 spiro atoms. The number of ether oxygens (including phenoxy) is 2. The summed E-state index contributed by atoms with van der Waals surface area (Å²) in [5.74, 6) is 1.96. The van der Waals surface area contributed by atoms with Gasteiger partial charge in [-0.2, -0.15) is 0 Å². The summed E-state index contributed by atoms with van der Waals surface area (Å²) in [6.07, 6.45) is 3.48. The molecule has 0 atom stereocenters. The zero-order valence-corrected chi connectivity index (χ0v) is 18.1. The molecule has 0 radical (unpaired) electrons. The molecule has 0 unspecified atom stereocenters. The third-order valence-electron chi connectivity index (χ3n) is 4.26. The van der Waals surface area contributed by atoms with Crippen LogP contribution in [0.2, 0.25) is 0 Å². The Balaban J connectivity index is 0.00000176. The summed E-state index contributed by atoms with van der Waals surface area (Å²) in [4.78, 5) is 16.2. The largest absolute Gasteiger partial charge is 0.490 e. The van der Waals surface area contributed by atoms with E-state index in [2.05, 4.69) is 30.0 Å². The van der Waals surface area contributed by atoms with E-state index in [9.17, 15) is 4.79 Å². The van der Waals surface area contributed by atoms with Gasteiger partial charge < -0.3 is 30.7 Å². The summed E-state index contributed by atoms with van der Waals surface area (Å²) in [6, 6.07) is 10.5. The Kier molecular flexibility index (Phi) is 8.91. The lowest BCUT2D eigenvalue weighted by atomic mass is 10.2. The van der Waals surface area contributed by atoms with Gasteiger partial charge in [0.1, 0.15) is 47.7 Å². The normalized spacial score (nSPS) is 10.7. The van der Waals surface area contributed by atoms with Crippen LogP contribution in [0, 0.1) is 0 Å². The fraction of sp³-hybridized carbons (Fsp3) is 0.167. The molecule has 0 saturated carbocycles. The van der Waals surface area contributed by atoms with E-state index in [1.165, 1.54) is 12.1 Å². The average Bonchev–Trinajstić information content (AvgIpc) is 3.21. The number of nitrogens with one attached hydrogen (secondary N) is 1. The first-order valence-electron chi connectivity index (χ1n) is 9.87. The molecule has 0 aliphatic rings.